The predicted molar refractivity (Wildman–Crippen MR) is 95.6 cm³/mol. The average molecular weight is 325 g/mol. The van der Waals surface area contributed by atoms with Gasteiger partial charge in [0.15, 0.2) is 0 Å². The minimum atomic E-state index is -0.565. The Morgan fingerprint density at radius 2 is 2.00 bits per heavy atom. The SMILES string of the molecule is CCc1[nH]c2c(c1CC)/C(=N/OC(=O)Nc1ccccc1)CCC2. The van der Waals surface area contributed by atoms with Gasteiger partial charge in [0.2, 0.25) is 0 Å². The van der Waals surface area contributed by atoms with Gasteiger partial charge in [-0.2, -0.15) is 0 Å². The predicted octanol–water partition coefficient (Wildman–Crippen LogP) is 4.43. The fraction of sp³-hybridized carbons (Fsp3) is 0.368. The zero-order valence-corrected chi connectivity index (χ0v) is 14.2. The first kappa shape index (κ1) is 16.3. The first-order valence-electron chi connectivity index (χ1n) is 8.55. The van der Waals surface area contributed by atoms with Gasteiger partial charge < -0.3 is 4.98 Å². The summed E-state index contributed by atoms with van der Waals surface area (Å²) in [5.41, 5.74) is 6.51. The Morgan fingerprint density at radius 3 is 2.71 bits per heavy atom. The lowest BCUT2D eigenvalue weighted by molar-refractivity contribution is 0.166. The Morgan fingerprint density at radius 1 is 1.21 bits per heavy atom. The summed E-state index contributed by atoms with van der Waals surface area (Å²) in [6.45, 7) is 4.30. The van der Waals surface area contributed by atoms with Gasteiger partial charge in [-0.1, -0.05) is 37.2 Å². The van der Waals surface area contributed by atoms with Crippen LogP contribution in [0.2, 0.25) is 0 Å². The Balaban J connectivity index is 1.77. The smallest absolute Gasteiger partial charge is 0.361 e. The number of fused-ring (bicyclic) bond motifs is 1. The molecule has 1 aliphatic carbocycles. The molecule has 0 bridgehead atoms. The fourth-order valence-electron chi connectivity index (χ4n) is 3.29. The minimum Gasteiger partial charge on any atom is -0.361 e. The number of rotatable bonds is 4. The van der Waals surface area contributed by atoms with Gasteiger partial charge in [0.05, 0.1) is 5.71 Å². The van der Waals surface area contributed by atoms with Crippen molar-refractivity contribution in [2.24, 2.45) is 5.16 Å². The van der Waals surface area contributed by atoms with Crippen molar-refractivity contribution in [1.29, 1.82) is 0 Å². The van der Waals surface area contributed by atoms with Gasteiger partial charge in [0, 0.05) is 22.6 Å². The van der Waals surface area contributed by atoms with Crippen molar-refractivity contribution >= 4 is 17.5 Å². The maximum Gasteiger partial charge on any atom is 0.437 e. The van der Waals surface area contributed by atoms with Crippen LogP contribution in [0.15, 0.2) is 35.5 Å². The Bertz CT molecular complexity index is 747. The molecule has 0 saturated carbocycles. The number of para-hydroxylation sites is 1. The molecule has 1 aliphatic rings. The molecule has 1 amide bonds. The molecular formula is C19H23N3O2. The van der Waals surface area contributed by atoms with Crippen LogP contribution >= 0.6 is 0 Å². The van der Waals surface area contributed by atoms with E-state index < -0.39 is 6.09 Å². The molecule has 0 atom stereocenters. The second-order valence-electron chi connectivity index (χ2n) is 5.90. The van der Waals surface area contributed by atoms with Crippen LogP contribution in [-0.4, -0.2) is 16.8 Å². The number of aromatic amines is 1. The number of amides is 1. The van der Waals surface area contributed by atoms with Crippen molar-refractivity contribution in [3.8, 4) is 0 Å². The number of aryl methyl sites for hydroxylation is 2. The monoisotopic (exact) mass is 325 g/mol. The number of benzene rings is 1. The minimum absolute atomic E-state index is 0.565. The van der Waals surface area contributed by atoms with Crippen LogP contribution in [0.5, 0.6) is 0 Å². The van der Waals surface area contributed by atoms with Gasteiger partial charge in [0.25, 0.3) is 0 Å². The molecule has 5 nitrogen and oxygen atoms in total. The number of nitrogens with one attached hydrogen (secondary N) is 2. The van der Waals surface area contributed by atoms with Gasteiger partial charge in [0.1, 0.15) is 0 Å². The lowest BCUT2D eigenvalue weighted by atomic mass is 9.91. The summed E-state index contributed by atoms with van der Waals surface area (Å²) in [7, 11) is 0. The maximum absolute atomic E-state index is 11.9. The van der Waals surface area contributed by atoms with Crippen LogP contribution in [0.1, 0.15) is 49.2 Å². The number of carbonyl (C=O) groups is 1. The molecule has 3 rings (SSSR count). The second-order valence-corrected chi connectivity index (χ2v) is 5.90. The van der Waals surface area contributed by atoms with E-state index >= 15 is 0 Å². The van der Waals surface area contributed by atoms with E-state index in [0.29, 0.717) is 5.69 Å². The molecule has 2 N–H and O–H groups in total. The van der Waals surface area contributed by atoms with E-state index in [0.717, 1.165) is 43.4 Å². The van der Waals surface area contributed by atoms with Gasteiger partial charge in [-0.15, -0.1) is 0 Å². The van der Waals surface area contributed by atoms with Crippen LogP contribution in [0.3, 0.4) is 0 Å². The average Bonchev–Trinajstić information content (AvgIpc) is 2.99. The zero-order chi connectivity index (χ0) is 16.9. The summed E-state index contributed by atoms with van der Waals surface area (Å²) >= 11 is 0. The van der Waals surface area contributed by atoms with Crippen molar-refractivity contribution in [3.63, 3.8) is 0 Å². The van der Waals surface area contributed by atoms with Gasteiger partial charge in [-0.3, -0.25) is 10.2 Å². The third-order valence-corrected chi connectivity index (χ3v) is 4.36. The summed E-state index contributed by atoms with van der Waals surface area (Å²) in [4.78, 5) is 20.6. The zero-order valence-electron chi connectivity index (χ0n) is 14.2. The molecule has 0 aliphatic heterocycles. The number of aromatic nitrogens is 1. The largest absolute Gasteiger partial charge is 0.437 e. The highest BCUT2D eigenvalue weighted by molar-refractivity contribution is 6.04. The fourth-order valence-corrected chi connectivity index (χ4v) is 3.29. The number of anilines is 1. The summed E-state index contributed by atoms with van der Waals surface area (Å²) < 4.78 is 0. The van der Waals surface area contributed by atoms with E-state index in [9.17, 15) is 4.79 Å². The van der Waals surface area contributed by atoms with E-state index in [-0.39, 0.29) is 0 Å². The molecule has 0 radical (unpaired) electrons. The van der Waals surface area contributed by atoms with Gasteiger partial charge in [-0.25, -0.2) is 4.79 Å². The molecule has 0 spiro atoms. The summed E-state index contributed by atoms with van der Waals surface area (Å²) in [6.07, 6.45) is 4.23. The number of hydrogen-bond acceptors (Lipinski definition) is 3. The molecular weight excluding hydrogens is 302 g/mol. The molecule has 1 heterocycles. The first-order valence-corrected chi connectivity index (χ1v) is 8.55. The van der Waals surface area contributed by atoms with Crippen molar-refractivity contribution in [2.45, 2.75) is 46.0 Å². The van der Waals surface area contributed by atoms with Crippen molar-refractivity contribution in [1.82, 2.24) is 4.98 Å². The van der Waals surface area contributed by atoms with E-state index in [2.05, 4.69) is 29.3 Å². The topological polar surface area (TPSA) is 66.5 Å². The summed E-state index contributed by atoms with van der Waals surface area (Å²) in [6, 6.07) is 9.22. The molecule has 1 aromatic heterocycles. The Kier molecular flexibility index (Phi) is 4.99. The quantitative estimate of drug-likeness (QED) is 0.645. The molecule has 0 saturated heterocycles. The highest BCUT2D eigenvalue weighted by Crippen LogP contribution is 2.28. The van der Waals surface area contributed by atoms with E-state index in [1.165, 1.54) is 17.0 Å². The van der Waals surface area contributed by atoms with Gasteiger partial charge >= 0.3 is 6.09 Å². The molecule has 0 unspecified atom stereocenters. The molecule has 2 aromatic rings. The Labute approximate surface area is 142 Å². The molecule has 1 aromatic carbocycles. The second kappa shape index (κ2) is 7.34. The van der Waals surface area contributed by atoms with Crippen LogP contribution in [0, 0.1) is 0 Å². The summed E-state index contributed by atoms with van der Waals surface area (Å²) in [5, 5.41) is 6.84. The molecule has 0 fully saturated rings. The van der Waals surface area contributed by atoms with Gasteiger partial charge in [-0.05, 0) is 49.8 Å². The lowest BCUT2D eigenvalue weighted by Gasteiger charge is -2.15. The van der Waals surface area contributed by atoms with Crippen molar-refractivity contribution in [2.75, 3.05) is 5.32 Å². The standard InChI is InChI=1S/C19H23N3O2/c1-3-14-15(4-2)21-16-11-8-12-17(18(14)16)22-24-19(23)20-13-9-6-5-7-10-13/h5-7,9-10,21H,3-4,8,11-12H2,1-2H3,(H,20,23)/b22-17+. The first-order chi connectivity index (χ1) is 11.7. The highest BCUT2D eigenvalue weighted by atomic mass is 16.7. The van der Waals surface area contributed by atoms with Crippen LogP contribution in [0.25, 0.3) is 0 Å². The van der Waals surface area contributed by atoms with E-state index in [1.54, 1.807) is 0 Å². The number of H-pyrrole nitrogens is 1. The third-order valence-electron chi connectivity index (χ3n) is 4.36. The number of hydrogen-bond donors (Lipinski definition) is 2. The van der Waals surface area contributed by atoms with E-state index in [4.69, 9.17) is 4.84 Å². The molecule has 5 heteroatoms. The molecule has 24 heavy (non-hydrogen) atoms. The third kappa shape index (κ3) is 3.35. The van der Waals surface area contributed by atoms with Crippen molar-refractivity contribution < 1.29 is 9.63 Å². The highest BCUT2D eigenvalue weighted by Gasteiger charge is 2.24. The Hall–Kier alpha value is -2.56. The molecule has 126 valence electrons. The maximum atomic E-state index is 11.9. The van der Waals surface area contributed by atoms with Crippen LogP contribution < -0.4 is 5.32 Å². The van der Waals surface area contributed by atoms with Crippen molar-refractivity contribution in [3.05, 3.63) is 52.8 Å². The normalized spacial score (nSPS) is 15.2. The van der Waals surface area contributed by atoms with E-state index in [1.807, 2.05) is 30.3 Å². The van der Waals surface area contributed by atoms with Crippen LogP contribution in [0.4, 0.5) is 10.5 Å². The number of oxime groups is 1. The summed E-state index contributed by atoms with van der Waals surface area (Å²) in [5.74, 6) is 0. The lowest BCUT2D eigenvalue weighted by Crippen LogP contribution is -2.16. The number of nitrogens with zero attached hydrogens (tertiary/aromatic N) is 1. The van der Waals surface area contributed by atoms with Crippen LogP contribution in [-0.2, 0) is 24.1 Å². The number of carbonyl (C=O) groups excluding carboxylic acids is 1.